The molecule has 0 bridgehead atoms. The highest BCUT2D eigenvalue weighted by atomic mass is 16.5. The van der Waals surface area contributed by atoms with Gasteiger partial charge < -0.3 is 20.7 Å². The minimum Gasteiger partial charge on any atom is -0.495 e. The molecule has 0 saturated carbocycles. The van der Waals surface area contributed by atoms with Crippen LogP contribution in [0.4, 0.5) is 11.4 Å². The third-order valence-electron chi connectivity index (χ3n) is 5.60. The summed E-state index contributed by atoms with van der Waals surface area (Å²) >= 11 is 0. The van der Waals surface area contributed by atoms with Crippen LogP contribution in [0.1, 0.15) is 38.2 Å². The fourth-order valence-corrected chi connectivity index (χ4v) is 3.64. The number of benzene rings is 2. The van der Waals surface area contributed by atoms with Gasteiger partial charge in [0.1, 0.15) is 5.75 Å². The minimum atomic E-state index is 0.479. The Balaban J connectivity index is 1.53. The number of nitrogens with one attached hydrogen (secondary N) is 1. The first-order chi connectivity index (χ1) is 13.6. The van der Waals surface area contributed by atoms with E-state index in [4.69, 9.17) is 10.5 Å². The Kier molecular flexibility index (Phi) is 6.80. The van der Waals surface area contributed by atoms with Crippen molar-refractivity contribution in [1.29, 1.82) is 0 Å². The van der Waals surface area contributed by atoms with Crippen LogP contribution in [0.2, 0.25) is 0 Å². The predicted molar refractivity (Wildman–Crippen MR) is 119 cm³/mol. The van der Waals surface area contributed by atoms with Gasteiger partial charge in [0.05, 0.1) is 12.8 Å². The van der Waals surface area contributed by atoms with Crippen LogP contribution >= 0.6 is 0 Å². The standard InChI is InChI=1S/C23H32N4O/c1-4-17(2)19-9-11-20(12-10-19)26-23(24)25-15-18-13-14-27(16-18)21-7-5-6-8-22(21)28-3/h5-12,17-18H,4,13-16H2,1-3H3,(H3,24,25,26). The van der Waals surface area contributed by atoms with Crippen LogP contribution in [0.15, 0.2) is 53.5 Å². The molecule has 1 heterocycles. The Morgan fingerprint density at radius 1 is 1.25 bits per heavy atom. The van der Waals surface area contributed by atoms with Crippen LogP contribution in [0, 0.1) is 5.92 Å². The number of methoxy groups -OCH3 is 1. The first kappa shape index (κ1) is 20.1. The summed E-state index contributed by atoms with van der Waals surface area (Å²) in [5, 5.41) is 3.21. The van der Waals surface area contributed by atoms with E-state index in [1.807, 2.05) is 12.1 Å². The Hall–Kier alpha value is -2.69. The zero-order valence-electron chi connectivity index (χ0n) is 17.2. The number of aliphatic imine (C=N–C) groups is 1. The van der Waals surface area contributed by atoms with Crippen LogP contribution < -0.4 is 20.7 Å². The molecule has 3 N–H and O–H groups in total. The molecule has 5 heteroatoms. The lowest BCUT2D eigenvalue weighted by Gasteiger charge is -2.21. The summed E-state index contributed by atoms with van der Waals surface area (Å²) < 4.78 is 5.49. The number of hydrogen-bond acceptors (Lipinski definition) is 3. The third-order valence-corrected chi connectivity index (χ3v) is 5.60. The van der Waals surface area contributed by atoms with E-state index in [0.29, 0.717) is 17.8 Å². The summed E-state index contributed by atoms with van der Waals surface area (Å²) in [5.41, 5.74) is 9.60. The van der Waals surface area contributed by atoms with Gasteiger partial charge in [-0.2, -0.15) is 0 Å². The molecule has 0 spiro atoms. The molecule has 0 aromatic heterocycles. The predicted octanol–water partition coefficient (Wildman–Crippen LogP) is 4.46. The number of anilines is 2. The van der Waals surface area contributed by atoms with Gasteiger partial charge in [0.25, 0.3) is 0 Å². The van der Waals surface area contributed by atoms with E-state index in [9.17, 15) is 0 Å². The second kappa shape index (κ2) is 9.49. The number of hydrogen-bond donors (Lipinski definition) is 2. The van der Waals surface area contributed by atoms with E-state index in [0.717, 1.165) is 49.6 Å². The van der Waals surface area contributed by atoms with Crippen molar-refractivity contribution in [2.75, 3.05) is 37.0 Å². The van der Waals surface area contributed by atoms with Crippen molar-refractivity contribution in [3.05, 3.63) is 54.1 Å². The maximum Gasteiger partial charge on any atom is 0.193 e. The Labute approximate surface area is 168 Å². The second-order valence-corrected chi connectivity index (χ2v) is 7.55. The maximum atomic E-state index is 6.10. The lowest BCUT2D eigenvalue weighted by Crippen LogP contribution is -2.25. The van der Waals surface area contributed by atoms with Gasteiger partial charge in [-0.3, -0.25) is 4.99 Å². The number of guanidine groups is 1. The summed E-state index contributed by atoms with van der Waals surface area (Å²) in [6.07, 6.45) is 2.25. The molecule has 28 heavy (non-hydrogen) atoms. The first-order valence-corrected chi connectivity index (χ1v) is 10.2. The normalized spacial score (nSPS) is 18.2. The highest BCUT2D eigenvalue weighted by molar-refractivity contribution is 5.92. The number of nitrogens with two attached hydrogens (primary N) is 1. The van der Waals surface area contributed by atoms with E-state index in [1.54, 1.807) is 7.11 Å². The second-order valence-electron chi connectivity index (χ2n) is 7.55. The van der Waals surface area contributed by atoms with E-state index in [1.165, 1.54) is 5.56 Å². The molecule has 0 aliphatic carbocycles. The van der Waals surface area contributed by atoms with Gasteiger partial charge >= 0.3 is 0 Å². The van der Waals surface area contributed by atoms with Gasteiger partial charge in [-0.15, -0.1) is 0 Å². The summed E-state index contributed by atoms with van der Waals surface area (Å²) in [7, 11) is 1.72. The van der Waals surface area contributed by atoms with E-state index >= 15 is 0 Å². The number of ether oxygens (including phenoxy) is 1. The summed E-state index contributed by atoms with van der Waals surface area (Å²) in [6, 6.07) is 16.6. The van der Waals surface area contributed by atoms with E-state index in [-0.39, 0.29) is 0 Å². The van der Waals surface area contributed by atoms with Gasteiger partial charge in [0.15, 0.2) is 5.96 Å². The van der Waals surface area contributed by atoms with Crippen molar-refractivity contribution in [2.24, 2.45) is 16.6 Å². The summed E-state index contributed by atoms with van der Waals surface area (Å²) in [5.74, 6) is 2.48. The molecule has 1 fully saturated rings. The molecular weight excluding hydrogens is 348 g/mol. The van der Waals surface area contributed by atoms with E-state index < -0.39 is 0 Å². The zero-order chi connectivity index (χ0) is 19.9. The minimum absolute atomic E-state index is 0.479. The Bertz CT molecular complexity index is 787. The molecule has 2 aromatic carbocycles. The highest BCUT2D eigenvalue weighted by Gasteiger charge is 2.24. The molecule has 2 atom stereocenters. The fourth-order valence-electron chi connectivity index (χ4n) is 3.64. The Morgan fingerprint density at radius 3 is 2.71 bits per heavy atom. The zero-order valence-corrected chi connectivity index (χ0v) is 17.2. The Morgan fingerprint density at radius 2 is 2.00 bits per heavy atom. The summed E-state index contributed by atoms with van der Waals surface area (Å²) in [4.78, 5) is 6.94. The smallest absolute Gasteiger partial charge is 0.193 e. The molecule has 0 amide bonds. The quantitative estimate of drug-likeness (QED) is 0.550. The SMILES string of the molecule is CCC(C)c1ccc(NC(N)=NCC2CCN(c3ccccc3OC)C2)cc1. The van der Waals surface area contributed by atoms with Gasteiger partial charge in [0.2, 0.25) is 0 Å². The van der Waals surface area contributed by atoms with E-state index in [2.05, 4.69) is 65.5 Å². The van der Waals surface area contributed by atoms with Crippen molar-refractivity contribution in [3.8, 4) is 5.75 Å². The number of nitrogens with zero attached hydrogens (tertiary/aromatic N) is 2. The summed E-state index contributed by atoms with van der Waals surface area (Å²) in [6.45, 7) is 7.18. The molecule has 1 aliphatic heterocycles. The molecule has 1 saturated heterocycles. The highest BCUT2D eigenvalue weighted by Crippen LogP contribution is 2.32. The van der Waals surface area contributed by atoms with Crippen molar-refractivity contribution < 1.29 is 4.74 Å². The molecule has 1 aliphatic rings. The average Bonchev–Trinajstić information content (AvgIpc) is 3.21. The van der Waals surface area contributed by atoms with Crippen LogP contribution in [-0.2, 0) is 0 Å². The third kappa shape index (κ3) is 4.97. The topological polar surface area (TPSA) is 62.9 Å². The molecule has 0 radical (unpaired) electrons. The lowest BCUT2D eigenvalue weighted by atomic mass is 9.99. The maximum absolute atomic E-state index is 6.10. The number of para-hydroxylation sites is 2. The van der Waals surface area contributed by atoms with Crippen molar-refractivity contribution in [2.45, 2.75) is 32.6 Å². The average molecular weight is 381 g/mol. The van der Waals surface area contributed by atoms with Crippen molar-refractivity contribution >= 4 is 17.3 Å². The van der Waals surface area contributed by atoms with Crippen LogP contribution in [0.3, 0.4) is 0 Å². The van der Waals surface area contributed by atoms with Crippen molar-refractivity contribution in [3.63, 3.8) is 0 Å². The molecular formula is C23H32N4O. The van der Waals surface area contributed by atoms with Crippen molar-refractivity contribution in [1.82, 2.24) is 0 Å². The number of rotatable bonds is 7. The molecule has 2 unspecified atom stereocenters. The van der Waals surface area contributed by atoms with Crippen LogP contribution in [0.5, 0.6) is 5.75 Å². The fraction of sp³-hybridized carbons (Fsp3) is 0.435. The van der Waals surface area contributed by atoms with Gasteiger partial charge in [0, 0.05) is 25.3 Å². The van der Waals surface area contributed by atoms with Gasteiger partial charge in [-0.05, 0) is 54.5 Å². The molecule has 2 aromatic rings. The van der Waals surface area contributed by atoms with Gasteiger partial charge in [-0.25, -0.2) is 0 Å². The van der Waals surface area contributed by atoms with Gasteiger partial charge in [-0.1, -0.05) is 38.1 Å². The lowest BCUT2D eigenvalue weighted by molar-refractivity contribution is 0.414. The monoisotopic (exact) mass is 380 g/mol. The first-order valence-electron chi connectivity index (χ1n) is 10.2. The van der Waals surface area contributed by atoms with Crippen LogP contribution in [-0.4, -0.2) is 32.7 Å². The molecule has 3 rings (SSSR count). The van der Waals surface area contributed by atoms with Crippen LogP contribution in [0.25, 0.3) is 0 Å². The largest absolute Gasteiger partial charge is 0.495 e. The molecule has 150 valence electrons. The molecule has 5 nitrogen and oxygen atoms in total.